The predicted molar refractivity (Wildman–Crippen MR) is 87.2 cm³/mol. The molecule has 2 N–H and O–H groups in total. The Morgan fingerprint density at radius 3 is 2.60 bits per heavy atom. The zero-order valence-electron chi connectivity index (χ0n) is 12.1. The van der Waals surface area contributed by atoms with E-state index in [0.29, 0.717) is 35.3 Å². The van der Waals surface area contributed by atoms with E-state index in [4.69, 9.17) is 39.0 Å². The van der Waals surface area contributed by atoms with E-state index in [9.17, 15) is 0 Å². The largest absolute Gasteiger partial charge is 0.490 e. The SMILES string of the molecule is CCOc1cc(C(N)=S)cc(Cl)c1OCCCN(C)C. The molecule has 0 aliphatic rings. The lowest BCUT2D eigenvalue weighted by Crippen LogP contribution is -2.16. The highest BCUT2D eigenvalue weighted by Gasteiger charge is 2.13. The summed E-state index contributed by atoms with van der Waals surface area (Å²) in [6.45, 7) is 3.94. The molecule has 0 bridgehead atoms. The van der Waals surface area contributed by atoms with Gasteiger partial charge in [-0.1, -0.05) is 23.8 Å². The van der Waals surface area contributed by atoms with Gasteiger partial charge < -0.3 is 20.1 Å². The number of thiocarbonyl (C=S) groups is 1. The minimum Gasteiger partial charge on any atom is -0.490 e. The molecule has 0 aromatic heterocycles. The lowest BCUT2D eigenvalue weighted by Gasteiger charge is -2.16. The van der Waals surface area contributed by atoms with Crippen LogP contribution < -0.4 is 15.2 Å². The van der Waals surface area contributed by atoms with Crippen LogP contribution in [0.5, 0.6) is 11.5 Å². The van der Waals surface area contributed by atoms with Crippen LogP contribution >= 0.6 is 23.8 Å². The third-order valence-corrected chi connectivity index (χ3v) is 3.11. The van der Waals surface area contributed by atoms with Crippen molar-refractivity contribution in [2.24, 2.45) is 5.73 Å². The molecule has 1 rings (SSSR count). The van der Waals surface area contributed by atoms with Crippen molar-refractivity contribution >= 4 is 28.8 Å². The zero-order valence-corrected chi connectivity index (χ0v) is 13.7. The summed E-state index contributed by atoms with van der Waals surface area (Å²) in [5.41, 5.74) is 6.30. The summed E-state index contributed by atoms with van der Waals surface area (Å²) in [6, 6.07) is 3.46. The summed E-state index contributed by atoms with van der Waals surface area (Å²) in [4.78, 5) is 2.39. The average Bonchev–Trinajstić information content (AvgIpc) is 2.36. The average molecular weight is 317 g/mol. The van der Waals surface area contributed by atoms with Gasteiger partial charge in [-0.2, -0.15) is 0 Å². The first-order valence-electron chi connectivity index (χ1n) is 6.49. The lowest BCUT2D eigenvalue weighted by molar-refractivity contribution is 0.259. The highest BCUT2D eigenvalue weighted by atomic mass is 35.5. The molecule has 0 aliphatic carbocycles. The number of ether oxygens (including phenoxy) is 2. The molecule has 6 heteroatoms. The van der Waals surface area contributed by atoms with Gasteiger partial charge in [0, 0.05) is 12.1 Å². The van der Waals surface area contributed by atoms with Crippen molar-refractivity contribution in [3.63, 3.8) is 0 Å². The molecular formula is C14H21ClN2O2S. The van der Waals surface area contributed by atoms with E-state index in [-0.39, 0.29) is 4.99 Å². The molecule has 0 amide bonds. The Hall–Kier alpha value is -1.04. The second-order valence-electron chi connectivity index (χ2n) is 4.59. The van der Waals surface area contributed by atoms with Crippen LogP contribution in [-0.4, -0.2) is 43.7 Å². The van der Waals surface area contributed by atoms with Crippen molar-refractivity contribution < 1.29 is 9.47 Å². The van der Waals surface area contributed by atoms with Crippen molar-refractivity contribution in [3.8, 4) is 11.5 Å². The standard InChI is InChI=1S/C14H21ClN2O2S/c1-4-18-12-9-10(14(16)20)8-11(15)13(12)19-7-5-6-17(2)3/h8-9H,4-7H2,1-3H3,(H2,16,20). The van der Waals surface area contributed by atoms with E-state index in [1.54, 1.807) is 12.1 Å². The van der Waals surface area contributed by atoms with Gasteiger partial charge in [-0.05, 0) is 39.6 Å². The summed E-state index contributed by atoms with van der Waals surface area (Å²) in [5.74, 6) is 1.12. The monoisotopic (exact) mass is 316 g/mol. The van der Waals surface area contributed by atoms with Crippen molar-refractivity contribution in [2.45, 2.75) is 13.3 Å². The van der Waals surface area contributed by atoms with Crippen LogP contribution in [-0.2, 0) is 0 Å². The second kappa shape index (κ2) is 8.29. The maximum Gasteiger partial charge on any atom is 0.179 e. The molecule has 0 aliphatic heterocycles. The molecule has 0 saturated heterocycles. The minimum absolute atomic E-state index is 0.284. The third kappa shape index (κ3) is 5.15. The highest BCUT2D eigenvalue weighted by Crippen LogP contribution is 2.36. The molecule has 1 aromatic carbocycles. The Kier molecular flexibility index (Phi) is 7.05. The number of rotatable bonds is 8. The van der Waals surface area contributed by atoms with Gasteiger partial charge in [0.25, 0.3) is 0 Å². The fraction of sp³-hybridized carbons (Fsp3) is 0.500. The lowest BCUT2D eigenvalue weighted by atomic mass is 10.2. The fourth-order valence-corrected chi connectivity index (χ4v) is 2.05. The fourth-order valence-electron chi connectivity index (χ4n) is 1.67. The van der Waals surface area contributed by atoms with Gasteiger partial charge in [0.2, 0.25) is 0 Å². The van der Waals surface area contributed by atoms with Crippen LogP contribution in [0.4, 0.5) is 0 Å². The van der Waals surface area contributed by atoms with Crippen molar-refractivity contribution in [1.82, 2.24) is 4.90 Å². The van der Waals surface area contributed by atoms with Crippen LogP contribution in [0.25, 0.3) is 0 Å². The molecule has 0 fully saturated rings. The Morgan fingerprint density at radius 1 is 1.35 bits per heavy atom. The summed E-state index contributed by atoms with van der Waals surface area (Å²) >= 11 is 11.2. The summed E-state index contributed by atoms with van der Waals surface area (Å²) < 4.78 is 11.3. The maximum atomic E-state index is 6.23. The van der Waals surface area contributed by atoms with E-state index in [1.807, 2.05) is 21.0 Å². The Bertz CT molecular complexity index is 467. The quantitative estimate of drug-likeness (QED) is 0.590. The Morgan fingerprint density at radius 2 is 2.05 bits per heavy atom. The number of hydrogen-bond acceptors (Lipinski definition) is 4. The first kappa shape index (κ1) is 17.0. The van der Waals surface area contributed by atoms with Crippen LogP contribution in [0.3, 0.4) is 0 Å². The molecule has 112 valence electrons. The van der Waals surface area contributed by atoms with Gasteiger partial charge in [-0.25, -0.2) is 0 Å². The van der Waals surface area contributed by atoms with Crippen LogP contribution in [0.1, 0.15) is 18.9 Å². The topological polar surface area (TPSA) is 47.7 Å². The third-order valence-electron chi connectivity index (χ3n) is 2.59. The van der Waals surface area contributed by atoms with E-state index in [2.05, 4.69) is 4.90 Å². The smallest absolute Gasteiger partial charge is 0.179 e. The Balaban J connectivity index is 2.84. The predicted octanol–water partition coefficient (Wildman–Crippen LogP) is 2.70. The second-order valence-corrected chi connectivity index (χ2v) is 5.43. The number of hydrogen-bond donors (Lipinski definition) is 1. The number of halogens is 1. The number of benzene rings is 1. The van der Waals surface area contributed by atoms with Crippen LogP contribution in [0.15, 0.2) is 12.1 Å². The molecule has 0 heterocycles. The maximum absolute atomic E-state index is 6.23. The molecular weight excluding hydrogens is 296 g/mol. The van der Waals surface area contributed by atoms with Gasteiger partial charge >= 0.3 is 0 Å². The summed E-state index contributed by atoms with van der Waals surface area (Å²) in [6.07, 6.45) is 0.909. The molecule has 0 unspecified atom stereocenters. The minimum atomic E-state index is 0.284. The van der Waals surface area contributed by atoms with Gasteiger partial charge in [-0.3, -0.25) is 0 Å². The van der Waals surface area contributed by atoms with E-state index < -0.39 is 0 Å². The summed E-state index contributed by atoms with van der Waals surface area (Å²) in [5, 5.41) is 0.462. The molecule has 0 atom stereocenters. The first-order chi connectivity index (χ1) is 9.45. The molecule has 20 heavy (non-hydrogen) atoms. The molecule has 0 spiro atoms. The van der Waals surface area contributed by atoms with Crippen LogP contribution in [0, 0.1) is 0 Å². The van der Waals surface area contributed by atoms with Gasteiger partial charge in [0.15, 0.2) is 11.5 Å². The molecule has 0 saturated carbocycles. The zero-order chi connectivity index (χ0) is 15.1. The molecule has 4 nitrogen and oxygen atoms in total. The number of nitrogens with two attached hydrogens (primary N) is 1. The Labute approximate surface area is 130 Å². The van der Waals surface area contributed by atoms with E-state index >= 15 is 0 Å². The van der Waals surface area contributed by atoms with E-state index in [1.165, 1.54) is 0 Å². The first-order valence-corrected chi connectivity index (χ1v) is 7.28. The van der Waals surface area contributed by atoms with Crippen molar-refractivity contribution in [3.05, 3.63) is 22.7 Å². The van der Waals surface area contributed by atoms with Crippen LogP contribution in [0.2, 0.25) is 5.02 Å². The molecule has 0 radical (unpaired) electrons. The number of nitrogens with zero attached hydrogens (tertiary/aromatic N) is 1. The summed E-state index contributed by atoms with van der Waals surface area (Å²) in [7, 11) is 4.05. The van der Waals surface area contributed by atoms with Crippen molar-refractivity contribution in [1.29, 1.82) is 0 Å². The molecule has 1 aromatic rings. The normalized spacial score (nSPS) is 10.7. The van der Waals surface area contributed by atoms with E-state index in [0.717, 1.165) is 13.0 Å². The van der Waals surface area contributed by atoms with Crippen molar-refractivity contribution in [2.75, 3.05) is 33.9 Å². The van der Waals surface area contributed by atoms with Gasteiger partial charge in [-0.15, -0.1) is 0 Å². The highest BCUT2D eigenvalue weighted by molar-refractivity contribution is 7.80. The van der Waals surface area contributed by atoms with Gasteiger partial charge in [0.1, 0.15) is 4.99 Å². The van der Waals surface area contributed by atoms with Gasteiger partial charge in [0.05, 0.1) is 18.2 Å².